The number of aliphatic carboxylic acids is 1. The first-order chi connectivity index (χ1) is 15.7. The number of amides is 2. The van der Waals surface area contributed by atoms with Crippen molar-refractivity contribution in [1.29, 1.82) is 0 Å². The van der Waals surface area contributed by atoms with E-state index < -0.39 is 17.8 Å². The molecular weight excluding hydrogens is 447 g/mol. The van der Waals surface area contributed by atoms with Gasteiger partial charge in [0.25, 0.3) is 0 Å². The Balaban J connectivity index is 1.96. The summed E-state index contributed by atoms with van der Waals surface area (Å²) in [6.07, 6.45) is 4.17. The number of carbonyl (C=O) groups is 2. The number of carbonyl (C=O) groups excluding carboxylic acids is 1. The molecule has 0 unspecified atom stereocenters. The number of halogens is 2. The van der Waals surface area contributed by atoms with Crippen molar-refractivity contribution in [2.45, 2.75) is 45.6 Å². The van der Waals surface area contributed by atoms with Crippen molar-refractivity contribution in [2.24, 2.45) is 0 Å². The molecule has 2 aromatic carbocycles. The first kappa shape index (κ1) is 24.3. The van der Waals surface area contributed by atoms with Gasteiger partial charge in [0.15, 0.2) is 0 Å². The lowest BCUT2D eigenvalue weighted by atomic mass is 9.91. The predicted octanol–water partition coefficient (Wildman–Crippen LogP) is 6.54. The van der Waals surface area contributed by atoms with Gasteiger partial charge in [0.05, 0.1) is 24.0 Å². The van der Waals surface area contributed by atoms with Gasteiger partial charge in [-0.05, 0) is 56.0 Å². The summed E-state index contributed by atoms with van der Waals surface area (Å²) >= 11 is 5.77. The van der Waals surface area contributed by atoms with Crippen molar-refractivity contribution in [2.75, 3.05) is 10.6 Å². The molecule has 1 aromatic heterocycles. The number of nitrogens with zero attached hydrogens (tertiary/aromatic N) is 2. The predicted molar refractivity (Wildman–Crippen MR) is 127 cm³/mol. The molecule has 7 nitrogen and oxygen atoms in total. The van der Waals surface area contributed by atoms with E-state index >= 15 is 0 Å². The molecular formula is C24H26ClFN4O3. The second-order valence-corrected chi connectivity index (χ2v) is 8.45. The Morgan fingerprint density at radius 1 is 1.15 bits per heavy atom. The summed E-state index contributed by atoms with van der Waals surface area (Å²) in [7, 11) is 0. The van der Waals surface area contributed by atoms with Crippen LogP contribution in [0.5, 0.6) is 0 Å². The number of benzene rings is 2. The third-order valence-corrected chi connectivity index (χ3v) is 5.53. The quantitative estimate of drug-likeness (QED) is 0.347. The number of hydrogen-bond donors (Lipinski definition) is 3. The molecule has 0 fully saturated rings. The van der Waals surface area contributed by atoms with Crippen molar-refractivity contribution < 1.29 is 19.1 Å². The Labute approximate surface area is 196 Å². The highest BCUT2D eigenvalue weighted by Gasteiger charge is 2.18. The van der Waals surface area contributed by atoms with Gasteiger partial charge < -0.3 is 15.7 Å². The number of nitrogens with one attached hydrogen (secondary N) is 2. The van der Waals surface area contributed by atoms with Crippen LogP contribution in [0.3, 0.4) is 0 Å². The lowest BCUT2D eigenvalue weighted by molar-refractivity contribution is -0.137. The van der Waals surface area contributed by atoms with Gasteiger partial charge in [0.2, 0.25) is 0 Å². The summed E-state index contributed by atoms with van der Waals surface area (Å²) in [5, 5.41) is 19.1. The van der Waals surface area contributed by atoms with Crippen molar-refractivity contribution in [3.05, 3.63) is 65.2 Å². The molecule has 0 aliphatic heterocycles. The molecule has 0 aliphatic rings. The van der Waals surface area contributed by atoms with Gasteiger partial charge >= 0.3 is 12.0 Å². The third kappa shape index (κ3) is 6.10. The van der Waals surface area contributed by atoms with Crippen LogP contribution in [0.15, 0.2) is 48.8 Å². The van der Waals surface area contributed by atoms with Crippen LogP contribution in [0, 0.1) is 5.82 Å². The first-order valence-corrected chi connectivity index (χ1v) is 11.0. The minimum atomic E-state index is -0.894. The summed E-state index contributed by atoms with van der Waals surface area (Å²) in [5.74, 6) is -1.76. The van der Waals surface area contributed by atoms with E-state index in [1.807, 2.05) is 39.1 Å². The molecule has 0 radical (unpaired) electrons. The van der Waals surface area contributed by atoms with E-state index in [2.05, 4.69) is 15.7 Å². The topological polar surface area (TPSA) is 96.2 Å². The summed E-state index contributed by atoms with van der Waals surface area (Å²) in [5.41, 5.74) is 2.73. The highest BCUT2D eigenvalue weighted by molar-refractivity contribution is 6.30. The van der Waals surface area contributed by atoms with Crippen LogP contribution in [0.2, 0.25) is 5.02 Å². The van der Waals surface area contributed by atoms with Gasteiger partial charge in [0, 0.05) is 28.4 Å². The maximum absolute atomic E-state index is 14.1. The Morgan fingerprint density at radius 2 is 1.88 bits per heavy atom. The standard InChI is InChI=1S/C24H26ClFN4O3/c1-4-15(10-23(31)32)16-5-7-19(17-12-27-30(13-17)14(2)3)22(9-16)29-24(33)28-21-8-6-18(25)11-20(21)26/h5-9,11-15H,4,10H2,1-3H3,(H,31,32)(H2,28,29,33)/t15-/m1/s1. The number of anilines is 2. The SMILES string of the molecule is CC[C@H](CC(=O)O)c1ccc(-c2cnn(C(C)C)c2)c(NC(=O)Nc2ccc(Cl)cc2F)c1. The van der Waals surface area contributed by atoms with Crippen LogP contribution in [-0.4, -0.2) is 26.9 Å². The maximum atomic E-state index is 14.1. The lowest BCUT2D eigenvalue weighted by Crippen LogP contribution is -2.21. The molecule has 0 saturated carbocycles. The Hall–Kier alpha value is -3.39. The van der Waals surface area contributed by atoms with Crippen molar-refractivity contribution in [3.8, 4) is 11.1 Å². The zero-order valence-corrected chi connectivity index (χ0v) is 19.4. The molecule has 9 heteroatoms. The van der Waals surface area contributed by atoms with E-state index in [-0.39, 0.29) is 29.1 Å². The largest absolute Gasteiger partial charge is 0.481 e. The first-order valence-electron chi connectivity index (χ1n) is 10.6. The van der Waals surface area contributed by atoms with Gasteiger partial charge in [-0.2, -0.15) is 5.10 Å². The molecule has 0 saturated heterocycles. The van der Waals surface area contributed by atoms with Gasteiger partial charge in [-0.1, -0.05) is 30.7 Å². The minimum absolute atomic E-state index is 0.0143. The van der Waals surface area contributed by atoms with Crippen LogP contribution in [0.1, 0.15) is 51.1 Å². The van der Waals surface area contributed by atoms with Gasteiger partial charge in [-0.25, -0.2) is 9.18 Å². The third-order valence-electron chi connectivity index (χ3n) is 5.30. The average molecular weight is 473 g/mol. The van der Waals surface area contributed by atoms with Crippen LogP contribution in [0.25, 0.3) is 11.1 Å². The normalized spacial score (nSPS) is 11.9. The van der Waals surface area contributed by atoms with Gasteiger partial charge in [-0.15, -0.1) is 0 Å². The van der Waals surface area contributed by atoms with Crippen molar-refractivity contribution in [1.82, 2.24) is 9.78 Å². The molecule has 33 heavy (non-hydrogen) atoms. The molecule has 1 heterocycles. The number of carboxylic acid groups (broad SMARTS) is 1. The number of rotatable bonds is 8. The summed E-state index contributed by atoms with van der Waals surface area (Å²) in [6.45, 7) is 5.92. The van der Waals surface area contributed by atoms with E-state index in [0.29, 0.717) is 17.7 Å². The van der Waals surface area contributed by atoms with Crippen LogP contribution in [-0.2, 0) is 4.79 Å². The Morgan fingerprint density at radius 3 is 2.48 bits per heavy atom. The minimum Gasteiger partial charge on any atom is -0.481 e. The molecule has 3 aromatic rings. The zero-order valence-electron chi connectivity index (χ0n) is 18.6. The molecule has 1 atom stereocenters. The lowest BCUT2D eigenvalue weighted by Gasteiger charge is -2.17. The summed E-state index contributed by atoms with van der Waals surface area (Å²) in [4.78, 5) is 24.0. The zero-order chi connectivity index (χ0) is 24.1. The van der Waals surface area contributed by atoms with E-state index in [4.69, 9.17) is 11.6 Å². The Kier molecular flexibility index (Phi) is 7.71. The van der Waals surface area contributed by atoms with E-state index in [1.54, 1.807) is 16.9 Å². The van der Waals surface area contributed by atoms with E-state index in [9.17, 15) is 19.1 Å². The fourth-order valence-corrected chi connectivity index (χ4v) is 3.66. The van der Waals surface area contributed by atoms with Crippen molar-refractivity contribution in [3.63, 3.8) is 0 Å². The highest BCUT2D eigenvalue weighted by atomic mass is 35.5. The molecule has 3 N–H and O–H groups in total. The fourth-order valence-electron chi connectivity index (χ4n) is 3.51. The molecule has 3 rings (SSSR count). The Bertz CT molecular complexity index is 1160. The van der Waals surface area contributed by atoms with E-state index in [0.717, 1.165) is 17.2 Å². The number of carboxylic acids is 1. The van der Waals surface area contributed by atoms with Gasteiger partial charge in [-0.3, -0.25) is 9.48 Å². The number of hydrogen-bond acceptors (Lipinski definition) is 3. The molecule has 0 aliphatic carbocycles. The fraction of sp³-hybridized carbons (Fsp3) is 0.292. The summed E-state index contributed by atoms with van der Waals surface area (Å²) < 4.78 is 15.9. The number of aromatic nitrogens is 2. The molecule has 174 valence electrons. The average Bonchev–Trinajstić information content (AvgIpc) is 3.24. The smallest absolute Gasteiger partial charge is 0.323 e. The van der Waals surface area contributed by atoms with Crippen LogP contribution >= 0.6 is 11.6 Å². The molecule has 0 bridgehead atoms. The second kappa shape index (κ2) is 10.5. The monoisotopic (exact) mass is 472 g/mol. The van der Waals surface area contributed by atoms with Crippen LogP contribution < -0.4 is 10.6 Å². The second-order valence-electron chi connectivity index (χ2n) is 8.01. The van der Waals surface area contributed by atoms with E-state index in [1.165, 1.54) is 12.1 Å². The van der Waals surface area contributed by atoms with Crippen LogP contribution in [0.4, 0.5) is 20.6 Å². The number of urea groups is 1. The highest BCUT2D eigenvalue weighted by Crippen LogP contribution is 2.34. The molecule has 0 spiro atoms. The van der Waals surface area contributed by atoms with Gasteiger partial charge in [0.1, 0.15) is 5.82 Å². The molecule has 2 amide bonds. The van der Waals surface area contributed by atoms with Crippen molar-refractivity contribution >= 4 is 35.0 Å². The summed E-state index contributed by atoms with van der Waals surface area (Å²) in [6, 6.07) is 8.94. The maximum Gasteiger partial charge on any atom is 0.323 e.